The van der Waals surface area contributed by atoms with Crippen molar-refractivity contribution in [3.63, 3.8) is 0 Å². The van der Waals surface area contributed by atoms with Crippen LogP contribution in [0.2, 0.25) is 0 Å². The molecule has 4 rings (SSSR count). The zero-order chi connectivity index (χ0) is 17.3. The van der Waals surface area contributed by atoms with Crippen molar-refractivity contribution >= 4 is 21.1 Å². The number of nitrogens with zero attached hydrogens (tertiary/aromatic N) is 2. The third-order valence-corrected chi connectivity index (χ3v) is 6.38. The maximum absolute atomic E-state index is 12.1. The number of aromatic amines is 1. The van der Waals surface area contributed by atoms with Gasteiger partial charge in [0.05, 0.1) is 12.5 Å². The van der Waals surface area contributed by atoms with Gasteiger partial charge in [-0.25, -0.2) is 13.1 Å². The molecule has 1 aliphatic carbocycles. The molecule has 132 valence electrons. The van der Waals surface area contributed by atoms with Crippen molar-refractivity contribution in [3.05, 3.63) is 42.5 Å². The van der Waals surface area contributed by atoms with Gasteiger partial charge >= 0.3 is 0 Å². The number of rotatable bonds is 5. The molecule has 0 spiro atoms. The molecule has 2 N–H and O–H groups in total. The molecule has 3 heterocycles. The highest BCUT2D eigenvalue weighted by molar-refractivity contribution is 7.89. The maximum atomic E-state index is 12.1. The zero-order valence-corrected chi connectivity index (χ0v) is 14.5. The van der Waals surface area contributed by atoms with E-state index < -0.39 is 10.0 Å². The summed E-state index contributed by atoms with van der Waals surface area (Å²) in [5.74, 6) is 0.780. The van der Waals surface area contributed by atoms with E-state index in [1.807, 2.05) is 18.4 Å². The maximum Gasteiger partial charge on any atom is 0.243 e. The van der Waals surface area contributed by atoms with Crippen LogP contribution in [0.15, 0.2) is 46.3 Å². The minimum atomic E-state index is -3.47. The van der Waals surface area contributed by atoms with E-state index in [0.29, 0.717) is 18.4 Å². The minimum Gasteiger partial charge on any atom is -0.462 e. The Balaban J connectivity index is 1.36. The molecular weight excluding hydrogens is 340 g/mol. The first-order chi connectivity index (χ1) is 12.1. The molecule has 3 aromatic heterocycles. The van der Waals surface area contributed by atoms with Gasteiger partial charge in [0.25, 0.3) is 0 Å². The van der Waals surface area contributed by atoms with Gasteiger partial charge in [-0.05, 0) is 49.7 Å². The molecule has 0 atom stereocenters. The van der Waals surface area contributed by atoms with Gasteiger partial charge in [0.2, 0.25) is 10.0 Å². The van der Waals surface area contributed by atoms with Gasteiger partial charge in [-0.15, -0.1) is 0 Å². The highest BCUT2D eigenvalue weighted by Crippen LogP contribution is 2.38. The van der Waals surface area contributed by atoms with Crippen LogP contribution < -0.4 is 4.72 Å². The van der Waals surface area contributed by atoms with Gasteiger partial charge in [-0.1, -0.05) is 0 Å². The monoisotopic (exact) mass is 360 g/mol. The summed E-state index contributed by atoms with van der Waals surface area (Å²) >= 11 is 0. The Hall–Kier alpha value is -2.19. The first-order valence-electron chi connectivity index (χ1n) is 8.44. The average Bonchev–Trinajstić information content (AvgIpc) is 3.31. The largest absolute Gasteiger partial charge is 0.462 e. The van der Waals surface area contributed by atoms with E-state index >= 15 is 0 Å². The lowest BCUT2D eigenvalue weighted by atomic mass is 9.79. The first kappa shape index (κ1) is 16.3. The lowest BCUT2D eigenvalue weighted by Crippen LogP contribution is -2.31. The summed E-state index contributed by atoms with van der Waals surface area (Å²) in [6.45, 7) is 0.463. The standard InChI is InChI=1S/C17H20N4O3S/c22-25(23,14-9-19-20-10-14)21-8-12-3-5-13(6-4-12)15-11-24-16-2-1-7-18-17(15)16/h1-2,7,9-13,21H,3-6,8H2,(H,19,20). The van der Waals surface area contributed by atoms with E-state index in [-0.39, 0.29) is 4.90 Å². The highest BCUT2D eigenvalue weighted by atomic mass is 32.2. The number of pyridine rings is 1. The van der Waals surface area contributed by atoms with Crippen molar-refractivity contribution in [2.75, 3.05) is 6.54 Å². The number of H-pyrrole nitrogens is 1. The fraction of sp³-hybridized carbons (Fsp3) is 0.412. The molecule has 0 bridgehead atoms. The molecule has 3 aromatic rings. The number of fused-ring (bicyclic) bond motifs is 1. The number of hydrogen-bond acceptors (Lipinski definition) is 5. The fourth-order valence-corrected chi connectivity index (χ4v) is 4.57. The summed E-state index contributed by atoms with van der Waals surface area (Å²) in [6, 6.07) is 3.81. The van der Waals surface area contributed by atoms with Gasteiger partial charge in [0, 0.05) is 24.5 Å². The normalized spacial score (nSPS) is 21.6. The molecule has 0 aromatic carbocycles. The predicted octanol–water partition coefficient (Wildman–Crippen LogP) is 2.80. The summed E-state index contributed by atoms with van der Waals surface area (Å²) in [5.41, 5.74) is 2.95. The molecule has 25 heavy (non-hydrogen) atoms. The lowest BCUT2D eigenvalue weighted by molar-refractivity contribution is 0.325. The van der Waals surface area contributed by atoms with Crippen LogP contribution in [0, 0.1) is 5.92 Å². The van der Waals surface area contributed by atoms with Gasteiger partial charge in [-0.3, -0.25) is 10.1 Å². The van der Waals surface area contributed by atoms with Crippen molar-refractivity contribution in [1.82, 2.24) is 19.9 Å². The van der Waals surface area contributed by atoms with Crippen LogP contribution in [0.5, 0.6) is 0 Å². The van der Waals surface area contributed by atoms with Crippen molar-refractivity contribution in [3.8, 4) is 0 Å². The summed E-state index contributed by atoms with van der Waals surface area (Å²) in [7, 11) is -3.47. The second-order valence-electron chi connectivity index (χ2n) is 6.54. The molecule has 8 heteroatoms. The Kier molecular flexibility index (Phi) is 4.30. The van der Waals surface area contributed by atoms with E-state index in [0.717, 1.165) is 36.8 Å². The molecule has 0 radical (unpaired) electrons. The SMILES string of the molecule is O=S(=O)(NCC1CCC(c2coc3cccnc23)CC1)c1cn[nH]c1. The van der Waals surface area contributed by atoms with E-state index in [9.17, 15) is 8.42 Å². The van der Waals surface area contributed by atoms with Crippen LogP contribution in [0.3, 0.4) is 0 Å². The number of nitrogens with one attached hydrogen (secondary N) is 2. The van der Waals surface area contributed by atoms with Crippen molar-refractivity contribution in [2.24, 2.45) is 5.92 Å². The molecule has 0 saturated heterocycles. The summed E-state index contributed by atoms with van der Waals surface area (Å²) in [4.78, 5) is 4.62. The van der Waals surface area contributed by atoms with Gasteiger partial charge < -0.3 is 4.42 Å². The molecule has 0 amide bonds. The number of furan rings is 1. The number of aromatic nitrogens is 3. The van der Waals surface area contributed by atoms with Crippen LogP contribution in [0.1, 0.15) is 37.2 Å². The molecule has 1 aliphatic rings. The van der Waals surface area contributed by atoms with E-state index in [2.05, 4.69) is 19.9 Å². The van der Waals surface area contributed by atoms with E-state index in [4.69, 9.17) is 4.42 Å². The highest BCUT2D eigenvalue weighted by Gasteiger charge is 2.26. The topological polar surface area (TPSA) is 101 Å². The summed E-state index contributed by atoms with van der Waals surface area (Å²) in [5, 5.41) is 6.21. The summed E-state index contributed by atoms with van der Waals surface area (Å²) in [6.07, 6.45) is 10.3. The van der Waals surface area contributed by atoms with Crippen molar-refractivity contribution < 1.29 is 12.8 Å². The van der Waals surface area contributed by atoms with Crippen molar-refractivity contribution in [1.29, 1.82) is 0 Å². The Labute approximate surface area is 145 Å². The van der Waals surface area contributed by atoms with Gasteiger partial charge in [-0.2, -0.15) is 5.10 Å². The van der Waals surface area contributed by atoms with Crippen LogP contribution >= 0.6 is 0 Å². The third-order valence-electron chi connectivity index (χ3n) is 4.99. The molecule has 0 unspecified atom stereocenters. The Bertz CT molecular complexity index is 941. The smallest absolute Gasteiger partial charge is 0.243 e. The quantitative estimate of drug-likeness (QED) is 0.728. The Morgan fingerprint density at radius 3 is 2.88 bits per heavy atom. The predicted molar refractivity (Wildman–Crippen MR) is 92.5 cm³/mol. The van der Waals surface area contributed by atoms with E-state index in [1.54, 1.807) is 6.20 Å². The zero-order valence-electron chi connectivity index (χ0n) is 13.7. The molecule has 1 fully saturated rings. The van der Waals surface area contributed by atoms with Crippen LogP contribution in [-0.2, 0) is 10.0 Å². The average molecular weight is 360 g/mol. The second-order valence-corrected chi connectivity index (χ2v) is 8.31. The molecule has 0 aliphatic heterocycles. The number of sulfonamides is 1. The Morgan fingerprint density at radius 1 is 1.28 bits per heavy atom. The molecule has 7 nitrogen and oxygen atoms in total. The first-order valence-corrected chi connectivity index (χ1v) is 9.92. The second kappa shape index (κ2) is 6.61. The van der Waals surface area contributed by atoms with Gasteiger partial charge in [0.1, 0.15) is 10.4 Å². The fourth-order valence-electron chi connectivity index (χ4n) is 3.55. The minimum absolute atomic E-state index is 0.178. The van der Waals surface area contributed by atoms with Crippen LogP contribution in [0.4, 0.5) is 0 Å². The third kappa shape index (κ3) is 3.32. The Morgan fingerprint density at radius 2 is 2.12 bits per heavy atom. The van der Waals surface area contributed by atoms with Crippen LogP contribution in [0.25, 0.3) is 11.1 Å². The number of hydrogen-bond donors (Lipinski definition) is 2. The lowest BCUT2D eigenvalue weighted by Gasteiger charge is -2.28. The molecular formula is C17H20N4O3S. The van der Waals surface area contributed by atoms with Gasteiger partial charge in [0.15, 0.2) is 5.58 Å². The van der Waals surface area contributed by atoms with E-state index in [1.165, 1.54) is 18.0 Å². The van der Waals surface area contributed by atoms with Crippen LogP contribution in [-0.4, -0.2) is 30.1 Å². The molecule has 1 saturated carbocycles. The van der Waals surface area contributed by atoms with Crippen molar-refractivity contribution in [2.45, 2.75) is 36.5 Å². The summed E-state index contributed by atoms with van der Waals surface area (Å²) < 4.78 is 32.6.